The van der Waals surface area contributed by atoms with E-state index in [4.69, 9.17) is 8.94 Å². The second kappa shape index (κ2) is 8.02. The van der Waals surface area contributed by atoms with E-state index in [1.165, 1.54) is 10.6 Å². The lowest BCUT2D eigenvalue weighted by Gasteiger charge is -2.19. The van der Waals surface area contributed by atoms with E-state index in [-0.39, 0.29) is 23.9 Å². The largest absolute Gasteiger partial charge is 0.468 e. The van der Waals surface area contributed by atoms with Gasteiger partial charge in [0.1, 0.15) is 5.76 Å². The molecule has 148 valence electrons. The molecule has 8 heteroatoms. The first-order valence-corrected chi connectivity index (χ1v) is 10.4. The minimum atomic E-state index is -3.79. The van der Waals surface area contributed by atoms with Gasteiger partial charge in [0.2, 0.25) is 21.7 Å². The highest BCUT2D eigenvalue weighted by molar-refractivity contribution is 7.89. The van der Waals surface area contributed by atoms with E-state index >= 15 is 0 Å². The molecular weight excluding hydrogens is 390 g/mol. The first kappa shape index (κ1) is 19.1. The van der Waals surface area contributed by atoms with Crippen molar-refractivity contribution in [1.29, 1.82) is 0 Å². The molecule has 0 N–H and O–H groups in total. The lowest BCUT2D eigenvalue weighted by Crippen LogP contribution is -2.30. The van der Waals surface area contributed by atoms with Crippen LogP contribution >= 0.6 is 0 Å². The summed E-state index contributed by atoms with van der Waals surface area (Å²) in [6.07, 6.45) is 1.51. The van der Waals surface area contributed by atoms with Crippen LogP contribution in [-0.4, -0.2) is 22.9 Å². The average Bonchev–Trinajstić information content (AvgIpc) is 3.41. The molecule has 0 aliphatic rings. The summed E-state index contributed by atoms with van der Waals surface area (Å²) in [5.41, 5.74) is 1.84. The molecule has 0 bridgehead atoms. The molecule has 0 aliphatic heterocycles. The van der Waals surface area contributed by atoms with Gasteiger partial charge in [-0.15, -0.1) is 0 Å². The van der Waals surface area contributed by atoms with Crippen molar-refractivity contribution in [2.45, 2.75) is 24.9 Å². The zero-order valence-electron chi connectivity index (χ0n) is 15.7. The quantitative estimate of drug-likeness (QED) is 0.458. The fraction of sp³-hybridized carbons (Fsp3) is 0.143. The van der Waals surface area contributed by atoms with Gasteiger partial charge in [0.05, 0.1) is 24.2 Å². The van der Waals surface area contributed by atoms with Gasteiger partial charge < -0.3 is 8.94 Å². The van der Waals surface area contributed by atoms with Gasteiger partial charge in [-0.05, 0) is 36.8 Å². The van der Waals surface area contributed by atoms with Crippen LogP contribution in [0.2, 0.25) is 0 Å². The fourth-order valence-corrected chi connectivity index (χ4v) is 4.32. The predicted molar refractivity (Wildman–Crippen MR) is 106 cm³/mol. The number of sulfonamides is 1. The number of aromatic nitrogens is 2. The minimum absolute atomic E-state index is 0.0479. The summed E-state index contributed by atoms with van der Waals surface area (Å²) in [4.78, 5) is 4.59. The summed E-state index contributed by atoms with van der Waals surface area (Å²) < 4.78 is 38.3. The minimum Gasteiger partial charge on any atom is -0.468 e. The molecule has 0 saturated carbocycles. The van der Waals surface area contributed by atoms with Gasteiger partial charge in [-0.25, -0.2) is 8.42 Å². The standard InChI is InChI=1S/C21H19N3O4S/c1-16-8-5-6-12-19(16)21-22-20(28-23-21)15-24(14-17-9-7-13-27-17)29(25,26)18-10-3-2-4-11-18/h2-13H,14-15H2,1H3. The first-order chi connectivity index (χ1) is 14.0. The molecule has 0 aliphatic carbocycles. The van der Waals surface area contributed by atoms with E-state index in [1.807, 2.05) is 31.2 Å². The molecule has 0 unspecified atom stereocenters. The highest BCUT2D eigenvalue weighted by Crippen LogP contribution is 2.23. The van der Waals surface area contributed by atoms with Crippen LogP contribution in [0, 0.1) is 6.92 Å². The van der Waals surface area contributed by atoms with Crippen molar-refractivity contribution in [2.24, 2.45) is 0 Å². The number of hydrogen-bond acceptors (Lipinski definition) is 6. The Morgan fingerprint density at radius 1 is 0.931 bits per heavy atom. The summed E-state index contributed by atoms with van der Waals surface area (Å²) >= 11 is 0. The highest BCUT2D eigenvalue weighted by atomic mass is 32.2. The van der Waals surface area contributed by atoms with Crippen LogP contribution in [0.25, 0.3) is 11.4 Å². The maximum Gasteiger partial charge on any atom is 0.243 e. The molecular formula is C21H19N3O4S. The Balaban J connectivity index is 1.65. The Bertz CT molecular complexity index is 1190. The molecule has 2 heterocycles. The summed E-state index contributed by atoms with van der Waals surface area (Å²) in [5.74, 6) is 1.14. The molecule has 0 atom stereocenters. The topological polar surface area (TPSA) is 89.4 Å². The van der Waals surface area contributed by atoms with Gasteiger partial charge in [0.15, 0.2) is 0 Å². The third kappa shape index (κ3) is 4.13. The molecule has 4 aromatic rings. The summed E-state index contributed by atoms with van der Waals surface area (Å²) in [7, 11) is -3.79. The molecule has 0 fully saturated rings. The molecule has 0 spiro atoms. The number of rotatable bonds is 7. The zero-order valence-corrected chi connectivity index (χ0v) is 16.5. The Hall–Kier alpha value is -3.23. The second-order valence-electron chi connectivity index (χ2n) is 6.49. The molecule has 2 aromatic heterocycles. The van der Waals surface area contributed by atoms with Gasteiger partial charge in [-0.1, -0.05) is 47.6 Å². The third-order valence-corrected chi connectivity index (χ3v) is 6.26. The number of benzene rings is 2. The van der Waals surface area contributed by atoms with Crippen LogP contribution in [0.15, 0.2) is 86.8 Å². The van der Waals surface area contributed by atoms with Crippen LogP contribution < -0.4 is 0 Å². The number of hydrogen-bond donors (Lipinski definition) is 0. The Labute approximate surface area is 168 Å². The van der Waals surface area contributed by atoms with Crippen molar-refractivity contribution in [3.63, 3.8) is 0 Å². The zero-order chi connectivity index (χ0) is 20.3. The van der Waals surface area contributed by atoms with Crippen LogP contribution in [0.5, 0.6) is 0 Å². The molecule has 0 amide bonds. The Morgan fingerprint density at radius 3 is 2.41 bits per heavy atom. The van der Waals surface area contributed by atoms with Crippen LogP contribution in [0.3, 0.4) is 0 Å². The number of nitrogens with zero attached hydrogens (tertiary/aromatic N) is 3. The Kier molecular flexibility index (Phi) is 5.28. The lowest BCUT2D eigenvalue weighted by molar-refractivity contribution is 0.297. The maximum atomic E-state index is 13.2. The summed E-state index contributed by atoms with van der Waals surface area (Å²) in [5, 5.41) is 4.02. The van der Waals surface area contributed by atoms with E-state index < -0.39 is 10.0 Å². The summed E-state index contributed by atoms with van der Waals surface area (Å²) in [6.45, 7) is 1.93. The average molecular weight is 409 g/mol. The highest BCUT2D eigenvalue weighted by Gasteiger charge is 2.28. The third-order valence-electron chi connectivity index (χ3n) is 4.46. The van der Waals surface area contributed by atoms with Crippen molar-refractivity contribution in [3.05, 3.63) is 90.2 Å². The van der Waals surface area contributed by atoms with Crippen molar-refractivity contribution >= 4 is 10.0 Å². The van der Waals surface area contributed by atoms with Crippen molar-refractivity contribution in [1.82, 2.24) is 14.4 Å². The SMILES string of the molecule is Cc1ccccc1-c1noc(CN(Cc2ccco2)S(=O)(=O)c2ccccc2)n1. The molecule has 7 nitrogen and oxygen atoms in total. The maximum absolute atomic E-state index is 13.2. The van der Waals surface area contributed by atoms with Crippen LogP contribution in [0.1, 0.15) is 17.2 Å². The van der Waals surface area contributed by atoms with Gasteiger partial charge in [-0.3, -0.25) is 0 Å². The predicted octanol–water partition coefficient (Wildman–Crippen LogP) is 4.03. The van der Waals surface area contributed by atoms with Gasteiger partial charge in [-0.2, -0.15) is 9.29 Å². The monoisotopic (exact) mass is 409 g/mol. The molecule has 4 rings (SSSR count). The first-order valence-electron chi connectivity index (χ1n) is 9.00. The molecule has 2 aromatic carbocycles. The summed E-state index contributed by atoms with van der Waals surface area (Å²) in [6, 6.07) is 19.3. The van der Waals surface area contributed by atoms with Crippen molar-refractivity contribution in [2.75, 3.05) is 0 Å². The van der Waals surface area contributed by atoms with Crippen LogP contribution in [0.4, 0.5) is 0 Å². The fourth-order valence-electron chi connectivity index (χ4n) is 2.95. The van der Waals surface area contributed by atoms with E-state index in [2.05, 4.69) is 10.1 Å². The molecule has 0 saturated heterocycles. The van der Waals surface area contributed by atoms with E-state index in [0.29, 0.717) is 11.6 Å². The van der Waals surface area contributed by atoms with Gasteiger partial charge in [0.25, 0.3) is 0 Å². The van der Waals surface area contributed by atoms with E-state index in [1.54, 1.807) is 42.5 Å². The van der Waals surface area contributed by atoms with Gasteiger partial charge >= 0.3 is 0 Å². The van der Waals surface area contributed by atoms with E-state index in [0.717, 1.165) is 11.1 Å². The van der Waals surface area contributed by atoms with Crippen LogP contribution in [-0.2, 0) is 23.1 Å². The smallest absolute Gasteiger partial charge is 0.243 e. The normalized spacial score (nSPS) is 11.8. The Morgan fingerprint density at radius 2 is 1.69 bits per heavy atom. The van der Waals surface area contributed by atoms with Gasteiger partial charge in [0, 0.05) is 5.56 Å². The van der Waals surface area contributed by atoms with E-state index in [9.17, 15) is 8.42 Å². The number of aryl methyl sites for hydroxylation is 1. The van der Waals surface area contributed by atoms with Crippen molar-refractivity contribution in [3.8, 4) is 11.4 Å². The molecule has 29 heavy (non-hydrogen) atoms. The second-order valence-corrected chi connectivity index (χ2v) is 8.43. The molecule has 0 radical (unpaired) electrons. The lowest BCUT2D eigenvalue weighted by atomic mass is 10.1. The van der Waals surface area contributed by atoms with Crippen molar-refractivity contribution < 1.29 is 17.4 Å². The number of furan rings is 1.